The van der Waals surface area contributed by atoms with Gasteiger partial charge in [0.05, 0.1) is 28.2 Å². The number of aromatic nitrogens is 2. The van der Waals surface area contributed by atoms with Crippen LogP contribution in [0.3, 0.4) is 0 Å². The Bertz CT molecular complexity index is 946. The number of esters is 1. The second kappa shape index (κ2) is 7.11. The first-order valence-electron chi connectivity index (χ1n) is 7.36. The predicted molar refractivity (Wildman–Crippen MR) is 93.9 cm³/mol. The molecular formula is C17H14Cl2N2O3. The van der Waals surface area contributed by atoms with Crippen molar-refractivity contribution in [3.05, 3.63) is 68.6 Å². The minimum absolute atomic E-state index is 0.178. The molecule has 3 rings (SSSR count). The highest BCUT2D eigenvalue weighted by molar-refractivity contribution is 6.36. The molecule has 0 aliphatic carbocycles. The van der Waals surface area contributed by atoms with Crippen molar-refractivity contribution in [3.63, 3.8) is 0 Å². The number of rotatable bonds is 5. The topological polar surface area (TPSA) is 64.1 Å². The molecule has 0 atom stereocenters. The van der Waals surface area contributed by atoms with Crippen LogP contribution in [-0.2, 0) is 11.3 Å². The maximum Gasteiger partial charge on any atom is 0.339 e. The molecule has 124 valence electrons. The van der Waals surface area contributed by atoms with Crippen molar-refractivity contribution in [3.8, 4) is 0 Å². The smallest absolute Gasteiger partial charge is 0.339 e. The van der Waals surface area contributed by atoms with Crippen molar-refractivity contribution < 1.29 is 9.53 Å². The summed E-state index contributed by atoms with van der Waals surface area (Å²) in [4.78, 5) is 26.7. The number of para-hydroxylation sites is 2. The number of halogens is 2. The Balaban J connectivity index is 1.59. The summed E-state index contributed by atoms with van der Waals surface area (Å²) < 4.78 is 6.83. The Morgan fingerprint density at radius 3 is 2.75 bits per heavy atom. The Labute approximate surface area is 147 Å². The molecule has 0 amide bonds. The van der Waals surface area contributed by atoms with Crippen LogP contribution in [0.25, 0.3) is 11.0 Å². The fourth-order valence-electron chi connectivity index (χ4n) is 2.45. The number of hydrogen-bond acceptors (Lipinski definition) is 3. The van der Waals surface area contributed by atoms with Gasteiger partial charge in [-0.15, -0.1) is 0 Å². The molecule has 5 nitrogen and oxygen atoms in total. The molecule has 3 aromatic rings. The van der Waals surface area contributed by atoms with Crippen LogP contribution >= 0.6 is 23.2 Å². The Kier molecular flexibility index (Phi) is 4.92. The quantitative estimate of drug-likeness (QED) is 0.551. The van der Waals surface area contributed by atoms with Gasteiger partial charge in [0.25, 0.3) is 0 Å². The lowest BCUT2D eigenvalue weighted by Crippen LogP contribution is -2.18. The SMILES string of the molecule is O=C(OCCCn1c(=O)[nH]c2ccccc21)c1ccc(Cl)cc1Cl. The predicted octanol–water partition coefficient (Wildman–Crippen LogP) is 3.88. The number of imidazole rings is 1. The Morgan fingerprint density at radius 1 is 1.17 bits per heavy atom. The molecular weight excluding hydrogens is 351 g/mol. The normalized spacial score (nSPS) is 10.9. The van der Waals surface area contributed by atoms with Gasteiger partial charge in [-0.05, 0) is 36.8 Å². The van der Waals surface area contributed by atoms with Gasteiger partial charge >= 0.3 is 11.7 Å². The van der Waals surface area contributed by atoms with Crippen LogP contribution in [-0.4, -0.2) is 22.1 Å². The average molecular weight is 365 g/mol. The first-order chi connectivity index (χ1) is 11.6. The zero-order valence-electron chi connectivity index (χ0n) is 12.6. The van der Waals surface area contributed by atoms with E-state index in [4.69, 9.17) is 27.9 Å². The zero-order valence-corrected chi connectivity index (χ0v) is 14.1. The second-order valence-corrected chi connectivity index (χ2v) is 6.06. The molecule has 0 aliphatic heterocycles. The van der Waals surface area contributed by atoms with E-state index in [0.29, 0.717) is 18.0 Å². The molecule has 2 aromatic carbocycles. The van der Waals surface area contributed by atoms with Gasteiger partial charge in [0, 0.05) is 11.6 Å². The number of aryl methyl sites for hydroxylation is 1. The van der Waals surface area contributed by atoms with E-state index in [-0.39, 0.29) is 22.9 Å². The van der Waals surface area contributed by atoms with Gasteiger partial charge in [0.15, 0.2) is 0 Å². The monoisotopic (exact) mass is 364 g/mol. The number of ether oxygens (including phenoxy) is 1. The third-order valence-corrected chi connectivity index (χ3v) is 4.14. The largest absolute Gasteiger partial charge is 0.462 e. The Hall–Kier alpha value is -2.24. The fraction of sp³-hybridized carbons (Fsp3) is 0.176. The molecule has 0 saturated heterocycles. The van der Waals surface area contributed by atoms with Gasteiger partial charge in [-0.25, -0.2) is 9.59 Å². The first-order valence-corrected chi connectivity index (χ1v) is 8.11. The van der Waals surface area contributed by atoms with Crippen molar-refractivity contribution in [1.82, 2.24) is 9.55 Å². The highest BCUT2D eigenvalue weighted by Crippen LogP contribution is 2.21. The minimum Gasteiger partial charge on any atom is -0.462 e. The third kappa shape index (κ3) is 3.47. The van der Waals surface area contributed by atoms with Crippen LogP contribution in [0.2, 0.25) is 10.0 Å². The molecule has 1 N–H and O–H groups in total. The maximum atomic E-state index is 12.0. The van der Waals surface area contributed by atoms with E-state index < -0.39 is 5.97 Å². The molecule has 0 saturated carbocycles. The fourth-order valence-corrected chi connectivity index (χ4v) is 2.93. The molecule has 7 heteroatoms. The summed E-state index contributed by atoms with van der Waals surface area (Å²) in [5, 5.41) is 0.704. The number of benzene rings is 2. The lowest BCUT2D eigenvalue weighted by Gasteiger charge is -2.07. The van der Waals surface area contributed by atoms with E-state index in [1.807, 2.05) is 24.3 Å². The van der Waals surface area contributed by atoms with Crippen LogP contribution < -0.4 is 5.69 Å². The van der Waals surface area contributed by atoms with Gasteiger partial charge in [0.2, 0.25) is 0 Å². The number of H-pyrrole nitrogens is 1. The molecule has 0 spiro atoms. The minimum atomic E-state index is -0.511. The third-order valence-electron chi connectivity index (χ3n) is 3.59. The van der Waals surface area contributed by atoms with Crippen LogP contribution in [0, 0.1) is 0 Å². The van der Waals surface area contributed by atoms with E-state index in [0.717, 1.165) is 11.0 Å². The molecule has 0 aliphatic rings. The molecule has 0 bridgehead atoms. The van der Waals surface area contributed by atoms with Crippen LogP contribution in [0.1, 0.15) is 16.8 Å². The maximum absolute atomic E-state index is 12.0. The van der Waals surface area contributed by atoms with E-state index in [9.17, 15) is 9.59 Å². The summed E-state index contributed by atoms with van der Waals surface area (Å²) in [6, 6.07) is 12.0. The molecule has 0 fully saturated rings. The average Bonchev–Trinajstić information content (AvgIpc) is 2.87. The summed E-state index contributed by atoms with van der Waals surface area (Å²) >= 11 is 11.8. The van der Waals surface area contributed by atoms with Crippen molar-refractivity contribution in [2.75, 3.05) is 6.61 Å². The van der Waals surface area contributed by atoms with Crippen LogP contribution in [0.4, 0.5) is 0 Å². The van der Waals surface area contributed by atoms with Crippen molar-refractivity contribution >= 4 is 40.2 Å². The number of aromatic amines is 1. The number of carbonyl (C=O) groups excluding carboxylic acids is 1. The molecule has 0 unspecified atom stereocenters. The van der Waals surface area contributed by atoms with Gasteiger partial charge in [0.1, 0.15) is 0 Å². The van der Waals surface area contributed by atoms with E-state index in [1.165, 1.54) is 12.1 Å². The summed E-state index contributed by atoms with van der Waals surface area (Å²) in [5.41, 5.74) is 1.70. The van der Waals surface area contributed by atoms with Gasteiger partial charge in [-0.2, -0.15) is 0 Å². The molecule has 1 heterocycles. The van der Waals surface area contributed by atoms with Gasteiger partial charge in [-0.1, -0.05) is 35.3 Å². The number of nitrogens with one attached hydrogen (secondary N) is 1. The van der Waals surface area contributed by atoms with Crippen molar-refractivity contribution in [2.24, 2.45) is 0 Å². The van der Waals surface area contributed by atoms with E-state index >= 15 is 0 Å². The van der Waals surface area contributed by atoms with Crippen molar-refractivity contribution in [2.45, 2.75) is 13.0 Å². The standard InChI is InChI=1S/C17H14Cl2N2O3/c18-11-6-7-12(13(19)10-11)16(22)24-9-3-8-21-15-5-2-1-4-14(15)20-17(21)23/h1-2,4-7,10H,3,8-9H2,(H,20,23). The highest BCUT2D eigenvalue weighted by atomic mass is 35.5. The number of hydrogen-bond donors (Lipinski definition) is 1. The number of carbonyl (C=O) groups is 1. The summed E-state index contributed by atoms with van der Waals surface area (Å²) in [6.07, 6.45) is 0.513. The highest BCUT2D eigenvalue weighted by Gasteiger charge is 2.12. The number of nitrogens with zero attached hydrogens (tertiary/aromatic N) is 1. The lowest BCUT2D eigenvalue weighted by molar-refractivity contribution is 0.0496. The molecule has 24 heavy (non-hydrogen) atoms. The summed E-state index contributed by atoms with van der Waals surface area (Å²) in [5.74, 6) is -0.511. The van der Waals surface area contributed by atoms with E-state index in [2.05, 4.69) is 4.98 Å². The van der Waals surface area contributed by atoms with E-state index in [1.54, 1.807) is 10.6 Å². The Morgan fingerprint density at radius 2 is 1.96 bits per heavy atom. The van der Waals surface area contributed by atoms with Crippen LogP contribution in [0.5, 0.6) is 0 Å². The molecule has 1 aromatic heterocycles. The zero-order chi connectivity index (χ0) is 17.1. The lowest BCUT2D eigenvalue weighted by atomic mass is 10.2. The van der Waals surface area contributed by atoms with Gasteiger partial charge < -0.3 is 9.72 Å². The second-order valence-electron chi connectivity index (χ2n) is 5.21. The summed E-state index contributed by atoms with van der Waals surface area (Å²) in [7, 11) is 0. The summed E-state index contributed by atoms with van der Waals surface area (Å²) in [6.45, 7) is 0.633. The number of fused-ring (bicyclic) bond motifs is 1. The molecule has 0 radical (unpaired) electrons. The van der Waals surface area contributed by atoms with Crippen molar-refractivity contribution in [1.29, 1.82) is 0 Å². The van der Waals surface area contributed by atoms with Crippen LogP contribution in [0.15, 0.2) is 47.3 Å². The van der Waals surface area contributed by atoms with Gasteiger partial charge in [-0.3, -0.25) is 4.57 Å². The first kappa shape index (κ1) is 16.6.